The summed E-state index contributed by atoms with van der Waals surface area (Å²) < 4.78 is 28.1. The summed E-state index contributed by atoms with van der Waals surface area (Å²) in [6.07, 6.45) is 2.40. The van der Waals surface area contributed by atoms with Crippen molar-refractivity contribution in [3.8, 4) is 0 Å². The predicted molar refractivity (Wildman–Crippen MR) is 113 cm³/mol. The zero-order valence-corrected chi connectivity index (χ0v) is 16.9. The zero-order valence-electron chi connectivity index (χ0n) is 16.1. The van der Waals surface area contributed by atoms with Crippen molar-refractivity contribution in [1.82, 2.24) is 14.9 Å². The fraction of sp³-hybridized carbons (Fsp3) is 0.238. The molecule has 4 aromatic rings. The van der Waals surface area contributed by atoms with Crippen LogP contribution in [0.4, 0.5) is 13.9 Å². The van der Waals surface area contributed by atoms with Crippen molar-refractivity contribution in [3.63, 3.8) is 0 Å². The number of benzene rings is 2. The summed E-state index contributed by atoms with van der Waals surface area (Å²) in [5.41, 5.74) is 1.47. The quantitative estimate of drug-likeness (QED) is 0.500. The molecule has 0 saturated heterocycles. The van der Waals surface area contributed by atoms with E-state index in [1.165, 1.54) is 6.07 Å². The smallest absolute Gasteiger partial charge is 0.262 e. The number of carbonyl (C=O) groups is 1. The maximum atomic E-state index is 14.2. The van der Waals surface area contributed by atoms with Gasteiger partial charge in [0.2, 0.25) is 0 Å². The van der Waals surface area contributed by atoms with E-state index in [-0.39, 0.29) is 11.4 Å². The van der Waals surface area contributed by atoms with Gasteiger partial charge in [0.05, 0.1) is 10.3 Å². The van der Waals surface area contributed by atoms with Gasteiger partial charge in [-0.05, 0) is 39.2 Å². The molecule has 0 fully saturated rings. The molecule has 0 aliphatic carbocycles. The lowest BCUT2D eigenvalue weighted by Gasteiger charge is -2.20. The van der Waals surface area contributed by atoms with Crippen LogP contribution < -0.4 is 4.90 Å². The Morgan fingerprint density at radius 3 is 2.76 bits per heavy atom. The number of hydrogen-bond acceptors (Lipinski definition) is 4. The standard InChI is InChI=1S/C21H20F2N4OS/c1-26(2)8-5-9-27(20(28)15-12-24-17-7-4-3-6-14(15)17)21-25-19-16(23)10-13(22)11-18(19)29-21/h3-4,6-7,10-12,24H,5,8-9H2,1-2H3. The van der Waals surface area contributed by atoms with E-state index in [2.05, 4.69) is 9.97 Å². The molecule has 29 heavy (non-hydrogen) atoms. The minimum absolute atomic E-state index is 0.0794. The summed E-state index contributed by atoms with van der Waals surface area (Å²) in [5, 5.41) is 1.17. The third kappa shape index (κ3) is 3.86. The zero-order chi connectivity index (χ0) is 20.5. The van der Waals surface area contributed by atoms with Gasteiger partial charge in [-0.2, -0.15) is 0 Å². The van der Waals surface area contributed by atoms with Crippen LogP contribution in [0.2, 0.25) is 0 Å². The van der Waals surface area contributed by atoms with Crippen LogP contribution in [0.3, 0.4) is 0 Å². The molecule has 0 saturated carbocycles. The Bertz CT molecular complexity index is 1180. The number of para-hydroxylation sites is 1. The maximum Gasteiger partial charge on any atom is 0.262 e. The predicted octanol–water partition coefficient (Wildman–Crippen LogP) is 4.65. The Morgan fingerprint density at radius 2 is 1.97 bits per heavy atom. The van der Waals surface area contributed by atoms with Gasteiger partial charge in [-0.15, -0.1) is 0 Å². The summed E-state index contributed by atoms with van der Waals surface area (Å²) >= 11 is 1.11. The van der Waals surface area contributed by atoms with Crippen LogP contribution in [0.5, 0.6) is 0 Å². The van der Waals surface area contributed by atoms with Gasteiger partial charge in [0, 0.05) is 29.7 Å². The Morgan fingerprint density at radius 1 is 1.17 bits per heavy atom. The molecule has 4 rings (SSSR count). The molecule has 0 radical (unpaired) electrons. The van der Waals surface area contributed by atoms with E-state index < -0.39 is 11.6 Å². The van der Waals surface area contributed by atoms with E-state index in [4.69, 9.17) is 0 Å². The van der Waals surface area contributed by atoms with Crippen LogP contribution in [-0.4, -0.2) is 48.0 Å². The molecular formula is C21H20F2N4OS. The van der Waals surface area contributed by atoms with Crippen molar-refractivity contribution in [2.45, 2.75) is 6.42 Å². The highest BCUT2D eigenvalue weighted by Gasteiger charge is 2.24. The van der Waals surface area contributed by atoms with E-state index in [0.717, 1.165) is 34.9 Å². The van der Waals surface area contributed by atoms with E-state index in [0.29, 0.717) is 28.4 Å². The normalized spacial score (nSPS) is 11.6. The number of aromatic nitrogens is 2. The minimum atomic E-state index is -0.727. The average molecular weight is 414 g/mol. The Hall–Kier alpha value is -2.84. The van der Waals surface area contributed by atoms with Gasteiger partial charge in [0.15, 0.2) is 10.9 Å². The van der Waals surface area contributed by atoms with E-state index >= 15 is 0 Å². The van der Waals surface area contributed by atoms with Gasteiger partial charge in [0.1, 0.15) is 11.3 Å². The highest BCUT2D eigenvalue weighted by molar-refractivity contribution is 7.22. The van der Waals surface area contributed by atoms with Gasteiger partial charge in [0.25, 0.3) is 5.91 Å². The highest BCUT2D eigenvalue weighted by Crippen LogP contribution is 2.32. The van der Waals surface area contributed by atoms with Crippen molar-refractivity contribution < 1.29 is 13.6 Å². The van der Waals surface area contributed by atoms with Gasteiger partial charge < -0.3 is 9.88 Å². The van der Waals surface area contributed by atoms with Crippen LogP contribution in [0.15, 0.2) is 42.6 Å². The summed E-state index contributed by atoms with van der Waals surface area (Å²) in [7, 11) is 3.92. The lowest BCUT2D eigenvalue weighted by molar-refractivity contribution is 0.0987. The number of thiazole rings is 1. The molecule has 0 unspecified atom stereocenters. The number of amides is 1. The number of halogens is 2. The first-order valence-corrected chi connectivity index (χ1v) is 10.0. The van der Waals surface area contributed by atoms with Crippen LogP contribution in [0.25, 0.3) is 21.1 Å². The third-order valence-corrected chi connectivity index (χ3v) is 5.71. The third-order valence-electron chi connectivity index (χ3n) is 4.68. The number of nitrogens with one attached hydrogen (secondary N) is 1. The molecule has 0 aliphatic heterocycles. The van der Waals surface area contributed by atoms with Crippen molar-refractivity contribution in [1.29, 1.82) is 0 Å². The molecule has 0 spiro atoms. The molecule has 150 valence electrons. The lowest BCUT2D eigenvalue weighted by Crippen LogP contribution is -2.33. The number of carbonyl (C=O) groups excluding carboxylic acids is 1. The maximum absolute atomic E-state index is 14.2. The van der Waals surface area contributed by atoms with Gasteiger partial charge in [-0.1, -0.05) is 29.5 Å². The highest BCUT2D eigenvalue weighted by atomic mass is 32.1. The topological polar surface area (TPSA) is 52.2 Å². The van der Waals surface area contributed by atoms with E-state index in [1.54, 1.807) is 11.1 Å². The number of fused-ring (bicyclic) bond motifs is 2. The second kappa shape index (κ2) is 7.88. The number of hydrogen-bond donors (Lipinski definition) is 1. The lowest BCUT2D eigenvalue weighted by atomic mass is 10.1. The summed E-state index contributed by atoms with van der Waals surface area (Å²) in [4.78, 5) is 24.4. The number of anilines is 1. The molecule has 2 aromatic heterocycles. The van der Waals surface area contributed by atoms with Crippen molar-refractivity contribution in [2.75, 3.05) is 32.1 Å². The molecule has 8 heteroatoms. The van der Waals surface area contributed by atoms with E-state index in [1.807, 2.05) is 43.3 Å². The van der Waals surface area contributed by atoms with Crippen LogP contribution in [0, 0.1) is 11.6 Å². The van der Waals surface area contributed by atoms with Crippen LogP contribution in [0.1, 0.15) is 16.8 Å². The number of nitrogens with zero attached hydrogens (tertiary/aromatic N) is 3. The number of rotatable bonds is 6. The second-order valence-electron chi connectivity index (χ2n) is 7.09. The largest absolute Gasteiger partial charge is 0.360 e. The first-order chi connectivity index (χ1) is 13.9. The SMILES string of the molecule is CN(C)CCCN(C(=O)c1c[nH]c2ccccc12)c1nc2c(F)cc(F)cc2s1. The molecule has 2 heterocycles. The average Bonchev–Trinajstić information content (AvgIpc) is 3.28. The van der Waals surface area contributed by atoms with E-state index in [9.17, 15) is 13.6 Å². The van der Waals surface area contributed by atoms with Gasteiger partial charge in [-0.25, -0.2) is 13.8 Å². The summed E-state index contributed by atoms with van der Waals surface area (Å²) in [6, 6.07) is 9.60. The van der Waals surface area contributed by atoms with Crippen molar-refractivity contribution in [3.05, 3.63) is 59.8 Å². The molecular weight excluding hydrogens is 394 g/mol. The molecule has 2 aromatic carbocycles. The molecule has 0 aliphatic rings. The number of aromatic amines is 1. The number of H-pyrrole nitrogens is 1. The first kappa shape index (κ1) is 19.5. The molecule has 5 nitrogen and oxygen atoms in total. The first-order valence-electron chi connectivity index (χ1n) is 9.22. The minimum Gasteiger partial charge on any atom is -0.360 e. The Balaban J connectivity index is 1.75. The molecule has 1 N–H and O–H groups in total. The van der Waals surface area contributed by atoms with Crippen LogP contribution >= 0.6 is 11.3 Å². The molecule has 0 bridgehead atoms. The fourth-order valence-corrected chi connectivity index (χ4v) is 4.31. The van der Waals surface area contributed by atoms with Crippen molar-refractivity contribution in [2.24, 2.45) is 0 Å². The molecule has 1 amide bonds. The molecule has 0 atom stereocenters. The summed E-state index contributed by atoms with van der Waals surface area (Å²) in [5.74, 6) is -1.61. The Kier molecular flexibility index (Phi) is 5.29. The summed E-state index contributed by atoms with van der Waals surface area (Å²) in [6.45, 7) is 1.20. The van der Waals surface area contributed by atoms with Crippen molar-refractivity contribution >= 4 is 43.5 Å². The fourth-order valence-electron chi connectivity index (χ4n) is 3.28. The van der Waals surface area contributed by atoms with Crippen LogP contribution in [-0.2, 0) is 0 Å². The van der Waals surface area contributed by atoms with Gasteiger partial charge >= 0.3 is 0 Å². The Labute approximate surface area is 170 Å². The van der Waals surface area contributed by atoms with Gasteiger partial charge in [-0.3, -0.25) is 9.69 Å². The monoisotopic (exact) mass is 414 g/mol. The second-order valence-corrected chi connectivity index (χ2v) is 8.10.